The third-order valence-corrected chi connectivity index (χ3v) is 4.74. The number of aliphatic carboxylic acids is 1. The molecule has 0 aromatic heterocycles. The fourth-order valence-corrected chi connectivity index (χ4v) is 3.64. The molecule has 20 heavy (non-hydrogen) atoms. The number of carboxylic acids is 1. The number of carbonyl (C=O) groups excluding carboxylic acids is 1. The molecule has 1 aliphatic heterocycles. The van der Waals surface area contributed by atoms with E-state index in [0.29, 0.717) is 18.4 Å². The van der Waals surface area contributed by atoms with Gasteiger partial charge in [0.1, 0.15) is 5.54 Å². The van der Waals surface area contributed by atoms with Crippen molar-refractivity contribution in [1.29, 1.82) is 0 Å². The zero-order valence-electron chi connectivity index (χ0n) is 11.5. The molecular formula is C15H19NO3S. The van der Waals surface area contributed by atoms with Crippen molar-refractivity contribution < 1.29 is 14.7 Å². The van der Waals surface area contributed by atoms with E-state index in [1.165, 1.54) is 0 Å². The molecule has 0 bridgehead atoms. The number of aryl methyl sites for hydroxylation is 1. The van der Waals surface area contributed by atoms with Crippen molar-refractivity contribution in [2.45, 2.75) is 31.7 Å². The van der Waals surface area contributed by atoms with E-state index in [-0.39, 0.29) is 5.91 Å². The van der Waals surface area contributed by atoms with Gasteiger partial charge in [-0.2, -0.15) is 11.8 Å². The summed E-state index contributed by atoms with van der Waals surface area (Å²) in [5.41, 5.74) is 0.410. The first-order chi connectivity index (χ1) is 9.59. The molecule has 5 heteroatoms. The molecule has 0 unspecified atom stereocenters. The summed E-state index contributed by atoms with van der Waals surface area (Å²) in [7, 11) is 0. The van der Waals surface area contributed by atoms with Gasteiger partial charge in [-0.25, -0.2) is 4.79 Å². The fraction of sp³-hybridized carbons (Fsp3) is 0.467. The number of rotatable bonds is 4. The van der Waals surface area contributed by atoms with Crippen LogP contribution in [-0.2, 0) is 11.2 Å². The van der Waals surface area contributed by atoms with Crippen LogP contribution < -0.4 is 5.32 Å². The molecule has 2 rings (SSSR count). The van der Waals surface area contributed by atoms with Crippen LogP contribution >= 0.6 is 11.8 Å². The van der Waals surface area contributed by atoms with Gasteiger partial charge in [0.05, 0.1) is 0 Å². The number of carboxylic acid groups (broad SMARTS) is 1. The predicted octanol–water partition coefficient (Wildman–Crippen LogP) is 2.33. The number of nitrogens with one attached hydrogen (secondary N) is 1. The quantitative estimate of drug-likeness (QED) is 0.894. The van der Waals surface area contributed by atoms with Crippen LogP contribution in [0.25, 0.3) is 0 Å². The van der Waals surface area contributed by atoms with Gasteiger partial charge >= 0.3 is 5.97 Å². The Morgan fingerprint density at radius 2 is 1.95 bits per heavy atom. The van der Waals surface area contributed by atoms with Crippen LogP contribution in [-0.4, -0.2) is 34.0 Å². The first-order valence-corrected chi connectivity index (χ1v) is 7.96. The summed E-state index contributed by atoms with van der Waals surface area (Å²) < 4.78 is 0. The van der Waals surface area contributed by atoms with Gasteiger partial charge in [0.25, 0.3) is 5.91 Å². The maximum Gasteiger partial charge on any atom is 0.329 e. The number of carbonyl (C=O) groups is 2. The molecule has 1 fully saturated rings. The Morgan fingerprint density at radius 3 is 2.55 bits per heavy atom. The SMILES string of the molecule is CCc1ccccc1C(=O)NC1(C(=O)O)CCSCC1. The smallest absolute Gasteiger partial charge is 0.329 e. The molecule has 0 saturated carbocycles. The summed E-state index contributed by atoms with van der Waals surface area (Å²) in [4.78, 5) is 24.0. The van der Waals surface area contributed by atoms with E-state index in [1.807, 2.05) is 19.1 Å². The van der Waals surface area contributed by atoms with Gasteiger partial charge in [-0.1, -0.05) is 25.1 Å². The number of hydrogen-bond donors (Lipinski definition) is 2. The van der Waals surface area contributed by atoms with Gasteiger partial charge in [0, 0.05) is 5.56 Å². The van der Waals surface area contributed by atoms with Crippen molar-refractivity contribution in [2.24, 2.45) is 0 Å². The van der Waals surface area contributed by atoms with Crippen LogP contribution in [0.3, 0.4) is 0 Å². The van der Waals surface area contributed by atoms with E-state index in [4.69, 9.17) is 0 Å². The van der Waals surface area contributed by atoms with Gasteiger partial charge in [-0.3, -0.25) is 4.79 Å². The van der Waals surface area contributed by atoms with Gasteiger partial charge in [0.15, 0.2) is 0 Å². The molecule has 1 heterocycles. The largest absolute Gasteiger partial charge is 0.480 e. The lowest BCUT2D eigenvalue weighted by molar-refractivity contribution is -0.144. The zero-order valence-corrected chi connectivity index (χ0v) is 12.3. The van der Waals surface area contributed by atoms with Crippen molar-refractivity contribution >= 4 is 23.6 Å². The second-order valence-corrected chi connectivity index (χ2v) is 6.19. The number of amides is 1. The van der Waals surface area contributed by atoms with Crippen LogP contribution in [0.1, 0.15) is 35.7 Å². The minimum Gasteiger partial charge on any atom is -0.480 e. The number of benzene rings is 1. The van der Waals surface area contributed by atoms with E-state index in [9.17, 15) is 14.7 Å². The maximum absolute atomic E-state index is 12.4. The van der Waals surface area contributed by atoms with Crippen molar-refractivity contribution in [2.75, 3.05) is 11.5 Å². The van der Waals surface area contributed by atoms with Gasteiger partial charge < -0.3 is 10.4 Å². The number of hydrogen-bond acceptors (Lipinski definition) is 3. The molecule has 0 spiro atoms. The second kappa shape index (κ2) is 6.31. The van der Waals surface area contributed by atoms with Gasteiger partial charge in [-0.15, -0.1) is 0 Å². The predicted molar refractivity (Wildman–Crippen MR) is 80.2 cm³/mol. The molecule has 1 amide bonds. The summed E-state index contributed by atoms with van der Waals surface area (Å²) in [6.07, 6.45) is 1.71. The first-order valence-electron chi connectivity index (χ1n) is 6.80. The summed E-state index contributed by atoms with van der Waals surface area (Å²) in [6, 6.07) is 7.35. The normalized spacial score (nSPS) is 17.4. The molecule has 1 aliphatic rings. The van der Waals surface area contributed by atoms with E-state index in [2.05, 4.69) is 5.32 Å². The number of thioether (sulfide) groups is 1. The van der Waals surface area contributed by atoms with Crippen LogP contribution in [0, 0.1) is 0 Å². The van der Waals surface area contributed by atoms with Crippen molar-refractivity contribution in [3.63, 3.8) is 0 Å². The molecule has 0 radical (unpaired) electrons. The Bertz CT molecular complexity index is 510. The zero-order chi connectivity index (χ0) is 14.6. The van der Waals surface area contributed by atoms with Crippen LogP contribution in [0.2, 0.25) is 0 Å². The molecule has 1 saturated heterocycles. The molecule has 1 aromatic rings. The van der Waals surface area contributed by atoms with Crippen molar-refractivity contribution in [3.8, 4) is 0 Å². The van der Waals surface area contributed by atoms with Crippen LogP contribution in [0.5, 0.6) is 0 Å². The van der Waals surface area contributed by atoms with Crippen LogP contribution in [0.15, 0.2) is 24.3 Å². The average Bonchev–Trinajstić information content (AvgIpc) is 2.48. The highest BCUT2D eigenvalue weighted by Crippen LogP contribution is 2.28. The van der Waals surface area contributed by atoms with Gasteiger partial charge in [-0.05, 0) is 42.4 Å². The fourth-order valence-electron chi connectivity index (χ4n) is 2.45. The average molecular weight is 293 g/mol. The standard InChI is InChI=1S/C15H19NO3S/c1-2-11-5-3-4-6-12(11)13(17)16-15(14(18)19)7-9-20-10-8-15/h3-6H,2,7-10H2,1H3,(H,16,17)(H,18,19). The molecule has 4 nitrogen and oxygen atoms in total. The first kappa shape index (κ1) is 14.9. The maximum atomic E-state index is 12.4. The van der Waals surface area contributed by atoms with Crippen molar-refractivity contribution in [3.05, 3.63) is 35.4 Å². The lowest BCUT2D eigenvalue weighted by atomic mass is 9.91. The van der Waals surface area contributed by atoms with E-state index in [1.54, 1.807) is 23.9 Å². The van der Waals surface area contributed by atoms with E-state index >= 15 is 0 Å². The highest BCUT2D eigenvalue weighted by atomic mass is 32.2. The molecule has 0 aliphatic carbocycles. The molecular weight excluding hydrogens is 274 g/mol. The lowest BCUT2D eigenvalue weighted by Gasteiger charge is -2.33. The third kappa shape index (κ3) is 2.98. The molecule has 2 N–H and O–H groups in total. The third-order valence-electron chi connectivity index (χ3n) is 3.75. The topological polar surface area (TPSA) is 66.4 Å². The van der Waals surface area contributed by atoms with E-state index in [0.717, 1.165) is 23.5 Å². The lowest BCUT2D eigenvalue weighted by Crippen LogP contribution is -2.56. The Labute approximate surface area is 123 Å². The Kier molecular flexibility index (Phi) is 4.70. The summed E-state index contributed by atoms with van der Waals surface area (Å²) in [5, 5.41) is 12.3. The Hall–Kier alpha value is -1.49. The molecule has 0 atom stereocenters. The molecule has 1 aromatic carbocycles. The summed E-state index contributed by atoms with van der Waals surface area (Å²) in [5.74, 6) is 0.321. The monoisotopic (exact) mass is 293 g/mol. The Morgan fingerprint density at radius 1 is 1.30 bits per heavy atom. The van der Waals surface area contributed by atoms with Gasteiger partial charge in [0.2, 0.25) is 0 Å². The minimum absolute atomic E-state index is 0.281. The van der Waals surface area contributed by atoms with E-state index < -0.39 is 11.5 Å². The Balaban J connectivity index is 2.22. The summed E-state index contributed by atoms with van der Waals surface area (Å²) >= 11 is 1.73. The summed E-state index contributed by atoms with van der Waals surface area (Å²) in [6.45, 7) is 1.98. The highest BCUT2D eigenvalue weighted by Gasteiger charge is 2.41. The van der Waals surface area contributed by atoms with Crippen molar-refractivity contribution in [1.82, 2.24) is 5.32 Å². The van der Waals surface area contributed by atoms with Crippen LogP contribution in [0.4, 0.5) is 0 Å². The second-order valence-electron chi connectivity index (χ2n) is 4.96. The molecule has 108 valence electrons. The minimum atomic E-state index is -1.11. The highest BCUT2D eigenvalue weighted by molar-refractivity contribution is 7.99.